The molecule has 1 saturated carbocycles. The van der Waals surface area contributed by atoms with E-state index in [1.165, 1.54) is 0 Å². The third-order valence-corrected chi connectivity index (χ3v) is 4.78. The van der Waals surface area contributed by atoms with Gasteiger partial charge in [-0.1, -0.05) is 0 Å². The Morgan fingerprint density at radius 1 is 1.29 bits per heavy atom. The van der Waals surface area contributed by atoms with Crippen molar-refractivity contribution in [3.8, 4) is 5.82 Å². The summed E-state index contributed by atoms with van der Waals surface area (Å²) in [7, 11) is 0. The lowest BCUT2D eigenvalue weighted by molar-refractivity contribution is -0.118. The SMILES string of the molecule is Cc1cc(C)n(-c2cc(NC(C)C(N)=O)nc(NC3CCC(F)(F)CC3)n2)n1. The largest absolute Gasteiger partial charge is 0.368 e. The molecule has 1 aliphatic rings. The Balaban J connectivity index is 1.89. The summed E-state index contributed by atoms with van der Waals surface area (Å²) in [6.45, 7) is 5.40. The maximum Gasteiger partial charge on any atom is 0.248 e. The van der Waals surface area contributed by atoms with Crippen LogP contribution < -0.4 is 16.4 Å². The van der Waals surface area contributed by atoms with E-state index in [0.29, 0.717) is 30.4 Å². The van der Waals surface area contributed by atoms with Crippen molar-refractivity contribution < 1.29 is 13.6 Å². The fourth-order valence-electron chi connectivity index (χ4n) is 3.20. The molecule has 28 heavy (non-hydrogen) atoms. The Morgan fingerprint density at radius 3 is 2.54 bits per heavy atom. The van der Waals surface area contributed by atoms with E-state index in [2.05, 4.69) is 25.7 Å². The summed E-state index contributed by atoms with van der Waals surface area (Å²) >= 11 is 0. The molecule has 2 aromatic rings. The van der Waals surface area contributed by atoms with Crippen molar-refractivity contribution in [3.63, 3.8) is 0 Å². The van der Waals surface area contributed by atoms with Crippen LogP contribution in [0.25, 0.3) is 5.82 Å². The van der Waals surface area contributed by atoms with Crippen LogP contribution in [0, 0.1) is 13.8 Å². The number of carbonyl (C=O) groups excluding carboxylic acids is 1. The molecule has 0 spiro atoms. The molecule has 10 heteroatoms. The molecule has 0 bridgehead atoms. The lowest BCUT2D eigenvalue weighted by Crippen LogP contribution is -2.34. The van der Waals surface area contributed by atoms with Crippen molar-refractivity contribution in [1.82, 2.24) is 19.7 Å². The number of rotatable bonds is 6. The van der Waals surface area contributed by atoms with Crippen molar-refractivity contribution in [2.75, 3.05) is 10.6 Å². The molecule has 0 saturated heterocycles. The van der Waals surface area contributed by atoms with E-state index >= 15 is 0 Å². The standard InChI is InChI=1S/C18H25F2N7O/c1-10-8-11(2)27(26-10)15-9-14(22-12(3)16(21)28)24-17(25-15)23-13-4-6-18(19,20)7-5-13/h8-9,12-13H,4-7H2,1-3H3,(H2,21,28)(H2,22,23,24,25). The predicted octanol–water partition coefficient (Wildman–Crippen LogP) is 2.55. The quantitative estimate of drug-likeness (QED) is 0.696. The molecule has 0 aliphatic heterocycles. The van der Waals surface area contributed by atoms with Gasteiger partial charge in [-0.15, -0.1) is 0 Å². The molecular formula is C18H25F2N7O. The number of halogens is 2. The van der Waals surface area contributed by atoms with Crippen molar-refractivity contribution in [1.29, 1.82) is 0 Å². The minimum Gasteiger partial charge on any atom is -0.368 e. The number of alkyl halides is 2. The van der Waals surface area contributed by atoms with Gasteiger partial charge < -0.3 is 16.4 Å². The summed E-state index contributed by atoms with van der Waals surface area (Å²) < 4.78 is 28.5. The average Bonchev–Trinajstić information content (AvgIpc) is 2.95. The molecule has 152 valence electrons. The number of amides is 1. The summed E-state index contributed by atoms with van der Waals surface area (Å²) in [4.78, 5) is 20.3. The monoisotopic (exact) mass is 393 g/mol. The molecule has 3 rings (SSSR count). The van der Waals surface area contributed by atoms with E-state index in [1.54, 1.807) is 17.7 Å². The van der Waals surface area contributed by atoms with Crippen molar-refractivity contribution in [2.45, 2.75) is 64.5 Å². The zero-order valence-electron chi connectivity index (χ0n) is 16.2. The Kier molecular flexibility index (Phi) is 5.48. The Bertz CT molecular complexity index is 858. The minimum atomic E-state index is -2.60. The van der Waals surface area contributed by atoms with Gasteiger partial charge in [-0.3, -0.25) is 4.79 Å². The van der Waals surface area contributed by atoms with Crippen LogP contribution in [-0.2, 0) is 4.79 Å². The molecule has 0 radical (unpaired) electrons. The normalized spacial score (nSPS) is 17.9. The van der Waals surface area contributed by atoms with Gasteiger partial charge in [0.1, 0.15) is 11.9 Å². The summed E-state index contributed by atoms with van der Waals surface area (Å²) in [5.41, 5.74) is 7.04. The fraction of sp³-hybridized carbons (Fsp3) is 0.556. The van der Waals surface area contributed by atoms with Gasteiger partial charge in [-0.25, -0.2) is 13.5 Å². The highest BCUT2D eigenvalue weighted by Gasteiger charge is 2.35. The first-order chi connectivity index (χ1) is 13.1. The molecule has 2 aromatic heterocycles. The van der Waals surface area contributed by atoms with Crippen molar-refractivity contribution in [3.05, 3.63) is 23.5 Å². The lowest BCUT2D eigenvalue weighted by atomic mass is 9.92. The molecule has 0 aromatic carbocycles. The van der Waals surface area contributed by atoms with Crippen LogP contribution >= 0.6 is 0 Å². The van der Waals surface area contributed by atoms with Crippen LogP contribution in [0.15, 0.2) is 12.1 Å². The molecule has 4 N–H and O–H groups in total. The van der Waals surface area contributed by atoms with E-state index < -0.39 is 17.9 Å². The summed E-state index contributed by atoms with van der Waals surface area (Å²) in [6.07, 6.45) is 0.346. The Hall–Kier alpha value is -2.78. The van der Waals surface area contributed by atoms with Crippen LogP contribution in [0.2, 0.25) is 0 Å². The Labute approximate surface area is 161 Å². The number of anilines is 2. The molecule has 8 nitrogen and oxygen atoms in total. The second kappa shape index (κ2) is 7.69. The van der Waals surface area contributed by atoms with Gasteiger partial charge in [0.2, 0.25) is 17.8 Å². The number of carbonyl (C=O) groups is 1. The maximum absolute atomic E-state index is 13.4. The highest BCUT2D eigenvalue weighted by atomic mass is 19.3. The first-order valence-electron chi connectivity index (χ1n) is 9.26. The first kappa shape index (κ1) is 20.0. The smallest absolute Gasteiger partial charge is 0.248 e. The van der Waals surface area contributed by atoms with Crippen molar-refractivity contribution >= 4 is 17.7 Å². The second-order valence-electron chi connectivity index (χ2n) is 7.32. The highest BCUT2D eigenvalue weighted by Crippen LogP contribution is 2.34. The van der Waals surface area contributed by atoms with Gasteiger partial charge in [0.15, 0.2) is 5.82 Å². The number of hydrogen-bond donors (Lipinski definition) is 3. The molecule has 1 amide bonds. The van der Waals surface area contributed by atoms with Gasteiger partial charge in [-0.2, -0.15) is 15.1 Å². The van der Waals surface area contributed by atoms with Crippen LogP contribution in [0.3, 0.4) is 0 Å². The minimum absolute atomic E-state index is 0.142. The van der Waals surface area contributed by atoms with Gasteiger partial charge in [0.25, 0.3) is 0 Å². The van der Waals surface area contributed by atoms with E-state index in [4.69, 9.17) is 5.73 Å². The second-order valence-corrected chi connectivity index (χ2v) is 7.32. The van der Waals surface area contributed by atoms with Gasteiger partial charge in [0.05, 0.1) is 5.69 Å². The topological polar surface area (TPSA) is 111 Å². The fourth-order valence-corrected chi connectivity index (χ4v) is 3.20. The Morgan fingerprint density at radius 2 is 1.96 bits per heavy atom. The number of hydrogen-bond acceptors (Lipinski definition) is 6. The zero-order valence-corrected chi connectivity index (χ0v) is 16.2. The first-order valence-corrected chi connectivity index (χ1v) is 9.26. The molecule has 1 unspecified atom stereocenters. The van der Waals surface area contributed by atoms with E-state index in [1.807, 2.05) is 19.9 Å². The molecular weight excluding hydrogens is 368 g/mol. The number of nitrogens with zero attached hydrogens (tertiary/aromatic N) is 4. The number of aryl methyl sites for hydroxylation is 2. The third kappa shape index (κ3) is 4.73. The highest BCUT2D eigenvalue weighted by molar-refractivity contribution is 5.82. The third-order valence-electron chi connectivity index (χ3n) is 4.78. The van der Waals surface area contributed by atoms with E-state index in [-0.39, 0.29) is 18.9 Å². The van der Waals surface area contributed by atoms with E-state index in [0.717, 1.165) is 11.4 Å². The zero-order chi connectivity index (χ0) is 20.5. The van der Waals surface area contributed by atoms with Crippen LogP contribution in [0.5, 0.6) is 0 Å². The van der Waals surface area contributed by atoms with Gasteiger partial charge in [0, 0.05) is 30.6 Å². The number of nitrogens with one attached hydrogen (secondary N) is 2. The number of nitrogens with two attached hydrogens (primary N) is 1. The van der Waals surface area contributed by atoms with Crippen molar-refractivity contribution in [2.24, 2.45) is 5.73 Å². The lowest BCUT2D eigenvalue weighted by Gasteiger charge is -2.29. The van der Waals surface area contributed by atoms with Crippen LogP contribution in [-0.4, -0.2) is 43.7 Å². The van der Waals surface area contributed by atoms with Gasteiger partial charge in [-0.05, 0) is 39.7 Å². The summed E-state index contributed by atoms with van der Waals surface area (Å²) in [6, 6.07) is 2.80. The van der Waals surface area contributed by atoms with E-state index in [9.17, 15) is 13.6 Å². The van der Waals surface area contributed by atoms with Crippen LogP contribution in [0.1, 0.15) is 44.0 Å². The summed E-state index contributed by atoms with van der Waals surface area (Å²) in [5.74, 6) is -1.93. The maximum atomic E-state index is 13.4. The average molecular weight is 393 g/mol. The molecule has 1 fully saturated rings. The molecule has 1 aliphatic carbocycles. The van der Waals surface area contributed by atoms with Gasteiger partial charge >= 0.3 is 0 Å². The number of aromatic nitrogens is 4. The molecule has 1 atom stereocenters. The molecule has 2 heterocycles. The number of primary amides is 1. The van der Waals surface area contributed by atoms with Crippen LogP contribution in [0.4, 0.5) is 20.5 Å². The summed E-state index contributed by atoms with van der Waals surface area (Å²) in [5, 5.41) is 10.5. The predicted molar refractivity (Wildman–Crippen MR) is 102 cm³/mol.